The summed E-state index contributed by atoms with van der Waals surface area (Å²) in [4.78, 5) is 0. The molecule has 0 aromatic heterocycles. The summed E-state index contributed by atoms with van der Waals surface area (Å²) in [6.45, 7) is 0. The molecule has 2 rings (SSSR count). The van der Waals surface area contributed by atoms with Gasteiger partial charge in [0, 0.05) is 0 Å². The zero-order valence-corrected chi connectivity index (χ0v) is 12.3. The Balaban J connectivity index is 0.000000845. The smallest absolute Gasteiger partial charge is 0.872 e. The van der Waals surface area contributed by atoms with E-state index >= 15 is 0 Å². The van der Waals surface area contributed by atoms with Gasteiger partial charge in [-0.05, 0) is 10.8 Å². The number of benzene rings is 2. The van der Waals surface area contributed by atoms with Crippen molar-refractivity contribution in [3.63, 3.8) is 0 Å². The van der Waals surface area contributed by atoms with Crippen LogP contribution in [0.4, 0.5) is 0 Å². The van der Waals surface area contributed by atoms with Crippen molar-refractivity contribution in [3.05, 3.63) is 36.4 Å². The Kier molecular flexibility index (Phi) is 6.14. The van der Waals surface area contributed by atoms with Gasteiger partial charge in [0.05, 0.1) is 0 Å². The SMILES string of the molecule is [Na+].[Na+].[O-]c1ccc2c([O-])cccc2c1. The van der Waals surface area contributed by atoms with E-state index in [0.717, 1.165) is 5.39 Å². The van der Waals surface area contributed by atoms with Crippen LogP contribution < -0.4 is 69.3 Å². The third-order valence-corrected chi connectivity index (χ3v) is 1.81. The van der Waals surface area contributed by atoms with Crippen LogP contribution in [0.15, 0.2) is 36.4 Å². The van der Waals surface area contributed by atoms with Crippen molar-refractivity contribution in [3.8, 4) is 11.5 Å². The molecule has 0 amide bonds. The fourth-order valence-corrected chi connectivity index (χ4v) is 1.23. The molecule has 2 nitrogen and oxygen atoms in total. The third kappa shape index (κ3) is 2.89. The molecule has 0 aliphatic carbocycles. The molecule has 2 aromatic carbocycles. The molecule has 0 aliphatic rings. The molecule has 0 heterocycles. The number of hydrogen-bond acceptors (Lipinski definition) is 2. The van der Waals surface area contributed by atoms with Crippen LogP contribution in [0, 0.1) is 0 Å². The summed E-state index contributed by atoms with van der Waals surface area (Å²) < 4.78 is 0. The van der Waals surface area contributed by atoms with E-state index in [4.69, 9.17) is 0 Å². The Labute approximate surface area is 127 Å². The van der Waals surface area contributed by atoms with Gasteiger partial charge in [-0.25, -0.2) is 0 Å². The molecular formula is C10H6Na2O2. The van der Waals surface area contributed by atoms with Crippen molar-refractivity contribution in [2.45, 2.75) is 0 Å². The Morgan fingerprint density at radius 1 is 0.857 bits per heavy atom. The Morgan fingerprint density at radius 2 is 1.57 bits per heavy atom. The van der Waals surface area contributed by atoms with E-state index in [1.807, 2.05) is 0 Å². The summed E-state index contributed by atoms with van der Waals surface area (Å²) in [7, 11) is 0. The van der Waals surface area contributed by atoms with Gasteiger partial charge < -0.3 is 10.2 Å². The zero-order chi connectivity index (χ0) is 8.55. The van der Waals surface area contributed by atoms with Gasteiger partial charge in [0.15, 0.2) is 0 Å². The molecule has 0 aliphatic heterocycles. The first-order chi connectivity index (χ1) is 5.77. The first-order valence-electron chi connectivity index (χ1n) is 3.64. The maximum absolute atomic E-state index is 11.2. The van der Waals surface area contributed by atoms with Crippen molar-refractivity contribution in [1.82, 2.24) is 0 Å². The molecule has 2 aromatic rings. The molecule has 0 N–H and O–H groups in total. The van der Waals surface area contributed by atoms with E-state index < -0.39 is 0 Å². The number of fused-ring (bicyclic) bond motifs is 1. The molecule has 60 valence electrons. The average Bonchev–Trinajstić information content (AvgIpc) is 2.04. The van der Waals surface area contributed by atoms with E-state index in [-0.39, 0.29) is 70.6 Å². The molecule has 4 heteroatoms. The first kappa shape index (κ1) is 14.3. The van der Waals surface area contributed by atoms with Crippen molar-refractivity contribution in [1.29, 1.82) is 0 Å². The normalized spacial score (nSPS) is 8.86. The van der Waals surface area contributed by atoms with Crippen molar-refractivity contribution < 1.29 is 69.3 Å². The molecule has 0 saturated carbocycles. The van der Waals surface area contributed by atoms with Gasteiger partial charge >= 0.3 is 59.1 Å². The second kappa shape index (κ2) is 6.01. The Bertz CT molecular complexity index is 429. The number of hydrogen-bond donors (Lipinski definition) is 0. The minimum atomic E-state index is -0.0619. The minimum absolute atomic E-state index is 0. The second-order valence-electron chi connectivity index (χ2n) is 2.64. The van der Waals surface area contributed by atoms with Crippen LogP contribution in [0.25, 0.3) is 10.8 Å². The molecule has 14 heavy (non-hydrogen) atoms. The van der Waals surface area contributed by atoms with E-state index in [2.05, 4.69) is 0 Å². The van der Waals surface area contributed by atoms with Gasteiger partial charge in [-0.15, -0.1) is 11.5 Å². The molecule has 0 bridgehead atoms. The van der Waals surface area contributed by atoms with Gasteiger partial charge in [0.25, 0.3) is 0 Å². The molecule has 0 atom stereocenters. The summed E-state index contributed by atoms with van der Waals surface area (Å²) >= 11 is 0. The van der Waals surface area contributed by atoms with Gasteiger partial charge in [-0.2, -0.15) is 0 Å². The summed E-state index contributed by atoms with van der Waals surface area (Å²) in [6.07, 6.45) is 0. The average molecular weight is 204 g/mol. The van der Waals surface area contributed by atoms with Crippen molar-refractivity contribution >= 4 is 10.8 Å². The van der Waals surface area contributed by atoms with E-state index in [0.29, 0.717) is 5.39 Å². The molecule has 0 radical (unpaired) electrons. The topological polar surface area (TPSA) is 46.1 Å². The van der Waals surface area contributed by atoms with E-state index in [9.17, 15) is 10.2 Å². The van der Waals surface area contributed by atoms with Crippen LogP contribution in [0.2, 0.25) is 0 Å². The van der Waals surface area contributed by atoms with Crippen LogP contribution in [0.3, 0.4) is 0 Å². The maximum Gasteiger partial charge on any atom is 1.00 e. The Hall–Kier alpha value is 0.300. The molecule has 0 fully saturated rings. The zero-order valence-electron chi connectivity index (χ0n) is 8.28. The summed E-state index contributed by atoms with van der Waals surface area (Å²) in [6, 6.07) is 9.36. The standard InChI is InChI=1S/C10H8O2.2Na/c11-8-4-5-9-7(6-8)2-1-3-10(9)12;;/h1-6,11-12H;;/q;2*+1/p-2. The monoisotopic (exact) mass is 204 g/mol. The van der Waals surface area contributed by atoms with Gasteiger partial charge in [0.1, 0.15) is 0 Å². The summed E-state index contributed by atoms with van der Waals surface area (Å²) in [5, 5.41) is 23.4. The van der Waals surface area contributed by atoms with Gasteiger partial charge in [-0.3, -0.25) is 0 Å². The summed E-state index contributed by atoms with van der Waals surface area (Å²) in [5.74, 6) is -0.0967. The van der Waals surface area contributed by atoms with Gasteiger partial charge in [-0.1, -0.05) is 36.4 Å². The van der Waals surface area contributed by atoms with Crippen LogP contribution in [-0.4, -0.2) is 0 Å². The van der Waals surface area contributed by atoms with Crippen molar-refractivity contribution in [2.24, 2.45) is 0 Å². The largest absolute Gasteiger partial charge is 1.00 e. The first-order valence-corrected chi connectivity index (χ1v) is 3.64. The van der Waals surface area contributed by atoms with E-state index in [1.165, 1.54) is 18.2 Å². The van der Waals surface area contributed by atoms with Crippen LogP contribution in [-0.2, 0) is 0 Å². The Morgan fingerprint density at radius 3 is 2.29 bits per heavy atom. The maximum atomic E-state index is 11.2. The van der Waals surface area contributed by atoms with Gasteiger partial charge in [0.2, 0.25) is 0 Å². The summed E-state index contributed by atoms with van der Waals surface area (Å²) in [5.41, 5.74) is 0. The predicted molar refractivity (Wildman–Crippen MR) is 42.8 cm³/mol. The van der Waals surface area contributed by atoms with Crippen LogP contribution in [0.5, 0.6) is 11.5 Å². The fraction of sp³-hybridized carbons (Fsp3) is 0. The quantitative estimate of drug-likeness (QED) is 0.403. The minimum Gasteiger partial charge on any atom is -0.872 e. The second-order valence-corrected chi connectivity index (χ2v) is 2.64. The van der Waals surface area contributed by atoms with E-state index in [1.54, 1.807) is 18.2 Å². The molecule has 0 spiro atoms. The molecular weight excluding hydrogens is 198 g/mol. The molecule has 0 saturated heterocycles. The molecule has 0 unspecified atom stereocenters. The van der Waals surface area contributed by atoms with Crippen LogP contribution >= 0.6 is 0 Å². The van der Waals surface area contributed by atoms with Crippen LogP contribution in [0.1, 0.15) is 0 Å². The fourth-order valence-electron chi connectivity index (χ4n) is 1.23. The predicted octanol–water partition coefficient (Wildman–Crippen LogP) is -5.00. The van der Waals surface area contributed by atoms with Crippen molar-refractivity contribution in [2.75, 3.05) is 0 Å². The number of rotatable bonds is 0. The third-order valence-electron chi connectivity index (χ3n) is 1.81.